The highest BCUT2D eigenvalue weighted by atomic mass is 35.5. The first-order valence-corrected chi connectivity index (χ1v) is 7.15. The molecule has 0 aliphatic carbocycles. The van der Waals surface area contributed by atoms with Gasteiger partial charge in [0.2, 0.25) is 0 Å². The highest BCUT2D eigenvalue weighted by Crippen LogP contribution is 2.29. The van der Waals surface area contributed by atoms with Gasteiger partial charge in [-0.3, -0.25) is 4.79 Å². The molecule has 2 rings (SSSR count). The minimum Gasteiger partial charge on any atom is -0.336 e. The van der Waals surface area contributed by atoms with Gasteiger partial charge in [0, 0.05) is 12.6 Å². The number of piperidine rings is 1. The Hall–Kier alpha value is -0.730. The maximum atomic E-state index is 12.5. The van der Waals surface area contributed by atoms with Crippen LogP contribution in [0.2, 0.25) is 10.0 Å². The van der Waals surface area contributed by atoms with Crippen LogP contribution in [0.25, 0.3) is 0 Å². The van der Waals surface area contributed by atoms with Crippen LogP contribution in [0.1, 0.15) is 43.0 Å². The number of carbonyl (C=O) groups is 1. The Labute approximate surface area is 118 Å². The van der Waals surface area contributed by atoms with Crippen LogP contribution in [-0.4, -0.2) is 23.4 Å². The van der Waals surface area contributed by atoms with Crippen LogP contribution in [0.5, 0.6) is 0 Å². The molecular formula is C14H17Cl2NO. The predicted molar refractivity (Wildman–Crippen MR) is 75.4 cm³/mol. The van der Waals surface area contributed by atoms with Gasteiger partial charge in [-0.1, -0.05) is 36.2 Å². The summed E-state index contributed by atoms with van der Waals surface area (Å²) in [6.07, 6.45) is 4.34. The molecule has 0 spiro atoms. The normalized spacial score (nSPS) is 19.9. The number of halogens is 2. The molecule has 4 heteroatoms. The molecule has 1 aliphatic heterocycles. The van der Waals surface area contributed by atoms with Crippen LogP contribution >= 0.6 is 23.2 Å². The van der Waals surface area contributed by atoms with E-state index in [0.717, 1.165) is 25.8 Å². The molecule has 0 unspecified atom stereocenters. The molecule has 1 heterocycles. The van der Waals surface area contributed by atoms with Gasteiger partial charge in [0.15, 0.2) is 0 Å². The first-order valence-electron chi connectivity index (χ1n) is 6.40. The van der Waals surface area contributed by atoms with E-state index >= 15 is 0 Å². The van der Waals surface area contributed by atoms with Crippen molar-refractivity contribution in [2.75, 3.05) is 6.54 Å². The van der Waals surface area contributed by atoms with Gasteiger partial charge in [-0.15, -0.1) is 0 Å². The van der Waals surface area contributed by atoms with E-state index in [4.69, 9.17) is 23.2 Å². The zero-order valence-electron chi connectivity index (χ0n) is 10.5. The summed E-state index contributed by atoms with van der Waals surface area (Å²) >= 11 is 12.1. The molecule has 0 aromatic heterocycles. The molecule has 1 aliphatic rings. The van der Waals surface area contributed by atoms with Crippen molar-refractivity contribution in [2.24, 2.45) is 0 Å². The summed E-state index contributed by atoms with van der Waals surface area (Å²) in [4.78, 5) is 14.5. The maximum Gasteiger partial charge on any atom is 0.255 e. The lowest BCUT2D eigenvalue weighted by Crippen LogP contribution is -2.43. The van der Waals surface area contributed by atoms with E-state index in [2.05, 4.69) is 6.92 Å². The lowest BCUT2D eigenvalue weighted by Gasteiger charge is -2.35. The van der Waals surface area contributed by atoms with Crippen LogP contribution in [0.15, 0.2) is 18.2 Å². The van der Waals surface area contributed by atoms with Crippen molar-refractivity contribution in [1.82, 2.24) is 4.90 Å². The molecule has 2 nitrogen and oxygen atoms in total. The summed E-state index contributed by atoms with van der Waals surface area (Å²) in [6.45, 7) is 2.94. The van der Waals surface area contributed by atoms with Gasteiger partial charge in [-0.2, -0.15) is 0 Å². The van der Waals surface area contributed by atoms with Gasteiger partial charge in [-0.25, -0.2) is 0 Å². The molecule has 0 saturated carbocycles. The van der Waals surface area contributed by atoms with E-state index in [1.807, 2.05) is 4.90 Å². The van der Waals surface area contributed by atoms with Gasteiger partial charge in [0.1, 0.15) is 0 Å². The molecule has 18 heavy (non-hydrogen) atoms. The van der Waals surface area contributed by atoms with Crippen LogP contribution in [-0.2, 0) is 0 Å². The lowest BCUT2D eigenvalue weighted by atomic mass is 9.99. The van der Waals surface area contributed by atoms with E-state index in [9.17, 15) is 4.79 Å². The van der Waals surface area contributed by atoms with E-state index in [-0.39, 0.29) is 5.91 Å². The standard InChI is InChI=1S/C14H17Cl2NO/c1-2-10-6-3-4-9-17(10)14(18)11-7-5-8-12(15)13(11)16/h5,7-8,10H,2-4,6,9H2,1H3/t10-/m0/s1. The number of hydrogen-bond acceptors (Lipinski definition) is 1. The van der Waals surface area contributed by atoms with Gasteiger partial charge in [-0.05, 0) is 37.8 Å². The van der Waals surface area contributed by atoms with Crippen molar-refractivity contribution in [3.8, 4) is 0 Å². The third-order valence-corrected chi connectivity index (χ3v) is 4.36. The Morgan fingerprint density at radius 2 is 2.17 bits per heavy atom. The van der Waals surface area contributed by atoms with Crippen molar-refractivity contribution in [3.05, 3.63) is 33.8 Å². The molecule has 1 saturated heterocycles. The molecule has 1 fully saturated rings. The Morgan fingerprint density at radius 1 is 1.39 bits per heavy atom. The fourth-order valence-corrected chi connectivity index (χ4v) is 2.90. The van der Waals surface area contributed by atoms with Gasteiger partial charge >= 0.3 is 0 Å². The lowest BCUT2D eigenvalue weighted by molar-refractivity contribution is 0.0608. The largest absolute Gasteiger partial charge is 0.336 e. The summed E-state index contributed by atoms with van der Waals surface area (Å²) in [5.74, 6) is 0.00838. The van der Waals surface area contributed by atoms with Crippen molar-refractivity contribution >= 4 is 29.1 Å². The third kappa shape index (κ3) is 2.65. The van der Waals surface area contributed by atoms with E-state index < -0.39 is 0 Å². The highest BCUT2D eigenvalue weighted by molar-refractivity contribution is 6.43. The van der Waals surface area contributed by atoms with E-state index in [1.54, 1.807) is 18.2 Å². The number of benzene rings is 1. The van der Waals surface area contributed by atoms with Crippen LogP contribution in [0, 0.1) is 0 Å². The summed E-state index contributed by atoms with van der Waals surface area (Å²) in [7, 11) is 0. The summed E-state index contributed by atoms with van der Waals surface area (Å²) in [6, 6.07) is 5.56. The number of rotatable bonds is 2. The predicted octanol–water partition coefficient (Wildman–Crippen LogP) is 4.40. The average molecular weight is 286 g/mol. The molecule has 98 valence electrons. The Balaban J connectivity index is 2.27. The number of nitrogens with zero attached hydrogens (tertiary/aromatic N) is 1. The zero-order chi connectivity index (χ0) is 13.1. The van der Waals surface area contributed by atoms with Crippen LogP contribution in [0.3, 0.4) is 0 Å². The summed E-state index contributed by atoms with van der Waals surface area (Å²) in [5.41, 5.74) is 0.518. The quantitative estimate of drug-likeness (QED) is 0.789. The molecule has 1 atom stereocenters. The topological polar surface area (TPSA) is 20.3 Å². The fourth-order valence-electron chi connectivity index (χ4n) is 2.52. The number of carbonyl (C=O) groups excluding carboxylic acids is 1. The SMILES string of the molecule is CC[C@H]1CCCCN1C(=O)c1cccc(Cl)c1Cl. The first-order chi connectivity index (χ1) is 8.65. The second-order valence-electron chi connectivity index (χ2n) is 4.66. The molecule has 1 aromatic carbocycles. The molecule has 1 amide bonds. The van der Waals surface area contributed by atoms with E-state index in [0.29, 0.717) is 21.7 Å². The van der Waals surface area contributed by atoms with Crippen LogP contribution < -0.4 is 0 Å². The Morgan fingerprint density at radius 3 is 2.89 bits per heavy atom. The van der Waals surface area contributed by atoms with Gasteiger partial charge in [0.25, 0.3) is 5.91 Å². The zero-order valence-corrected chi connectivity index (χ0v) is 12.0. The van der Waals surface area contributed by atoms with Crippen molar-refractivity contribution in [3.63, 3.8) is 0 Å². The molecule has 1 aromatic rings. The summed E-state index contributed by atoms with van der Waals surface area (Å²) in [5, 5.41) is 0.803. The van der Waals surface area contributed by atoms with Crippen LogP contribution in [0.4, 0.5) is 0 Å². The molecule has 0 N–H and O–H groups in total. The average Bonchev–Trinajstić information content (AvgIpc) is 2.41. The molecule has 0 radical (unpaired) electrons. The van der Waals surface area contributed by atoms with Crippen molar-refractivity contribution in [1.29, 1.82) is 0 Å². The number of likely N-dealkylation sites (tertiary alicyclic amines) is 1. The van der Waals surface area contributed by atoms with Crippen molar-refractivity contribution < 1.29 is 4.79 Å². The second kappa shape index (κ2) is 5.94. The second-order valence-corrected chi connectivity index (χ2v) is 5.44. The smallest absolute Gasteiger partial charge is 0.255 e. The third-order valence-electron chi connectivity index (χ3n) is 3.54. The van der Waals surface area contributed by atoms with E-state index in [1.165, 1.54) is 6.42 Å². The van der Waals surface area contributed by atoms with Crippen molar-refractivity contribution in [2.45, 2.75) is 38.6 Å². The minimum atomic E-state index is 0.00838. The number of amides is 1. The summed E-state index contributed by atoms with van der Waals surface area (Å²) < 4.78 is 0. The number of hydrogen-bond donors (Lipinski definition) is 0. The van der Waals surface area contributed by atoms with Gasteiger partial charge in [0.05, 0.1) is 15.6 Å². The Kier molecular flexibility index (Phi) is 4.52. The minimum absolute atomic E-state index is 0.00838. The first kappa shape index (κ1) is 13.7. The maximum absolute atomic E-state index is 12.5. The van der Waals surface area contributed by atoms with Gasteiger partial charge < -0.3 is 4.90 Å². The Bertz CT molecular complexity index is 447. The fraction of sp³-hybridized carbons (Fsp3) is 0.500. The monoisotopic (exact) mass is 285 g/mol. The molecular weight excluding hydrogens is 269 g/mol. The molecule has 0 bridgehead atoms. The highest BCUT2D eigenvalue weighted by Gasteiger charge is 2.27.